The molecule has 0 spiro atoms. The van der Waals surface area contributed by atoms with Crippen LogP contribution in [0.4, 0.5) is 0 Å². The van der Waals surface area contributed by atoms with Crippen LogP contribution in [0.1, 0.15) is 33.3 Å². The number of alkyl halides is 1. The van der Waals surface area contributed by atoms with E-state index in [0.29, 0.717) is 4.83 Å². The molecular formula is C15H17BrS. The van der Waals surface area contributed by atoms with Gasteiger partial charge in [-0.25, -0.2) is 0 Å². The molecule has 0 saturated heterocycles. The van der Waals surface area contributed by atoms with Gasteiger partial charge in [-0.1, -0.05) is 52.7 Å². The first-order valence-electron chi connectivity index (χ1n) is 5.96. The van der Waals surface area contributed by atoms with E-state index in [0.717, 1.165) is 12.8 Å². The van der Waals surface area contributed by atoms with E-state index >= 15 is 0 Å². The highest BCUT2D eigenvalue weighted by Crippen LogP contribution is 2.34. The van der Waals surface area contributed by atoms with Gasteiger partial charge in [-0.05, 0) is 42.3 Å². The summed E-state index contributed by atoms with van der Waals surface area (Å²) >= 11 is 5.69. The van der Waals surface area contributed by atoms with Crippen LogP contribution in [-0.2, 0) is 12.8 Å². The molecule has 0 nitrogen and oxygen atoms in total. The molecule has 0 aliphatic rings. The highest BCUT2D eigenvalue weighted by Gasteiger charge is 2.13. The van der Waals surface area contributed by atoms with Crippen LogP contribution in [0.5, 0.6) is 0 Å². The number of thiophene rings is 1. The third kappa shape index (κ3) is 3.20. The lowest BCUT2D eigenvalue weighted by Gasteiger charge is -2.10. The van der Waals surface area contributed by atoms with Crippen molar-refractivity contribution in [2.45, 2.75) is 31.5 Å². The predicted octanol–water partition coefficient (Wildman–Crippen LogP) is 5.30. The van der Waals surface area contributed by atoms with Crippen LogP contribution in [0, 0.1) is 6.92 Å². The molecule has 0 bridgehead atoms. The standard InChI is InChI=1S/C15H17BrS/c1-3-13-7-8-17-15(13)14(16)10-12-6-4-5-11(2)9-12/h4-9,14H,3,10H2,1-2H3. The van der Waals surface area contributed by atoms with Crippen LogP contribution in [0.15, 0.2) is 35.7 Å². The Hall–Kier alpha value is -0.600. The molecule has 1 aromatic carbocycles. The first-order valence-corrected chi connectivity index (χ1v) is 7.76. The zero-order valence-corrected chi connectivity index (χ0v) is 12.6. The van der Waals surface area contributed by atoms with Gasteiger partial charge in [-0.15, -0.1) is 11.3 Å². The van der Waals surface area contributed by atoms with E-state index in [1.165, 1.54) is 21.6 Å². The second kappa shape index (κ2) is 5.83. The molecular weight excluding hydrogens is 292 g/mol. The lowest BCUT2D eigenvalue weighted by atomic mass is 10.0. The van der Waals surface area contributed by atoms with Crippen molar-refractivity contribution in [1.29, 1.82) is 0 Å². The van der Waals surface area contributed by atoms with Gasteiger partial charge in [-0.3, -0.25) is 0 Å². The molecule has 0 aliphatic carbocycles. The number of halogens is 1. The fraction of sp³-hybridized carbons (Fsp3) is 0.333. The first-order chi connectivity index (χ1) is 8.20. The molecule has 0 fully saturated rings. The highest BCUT2D eigenvalue weighted by atomic mass is 79.9. The quantitative estimate of drug-likeness (QED) is 0.673. The summed E-state index contributed by atoms with van der Waals surface area (Å²) in [5.74, 6) is 0. The van der Waals surface area contributed by atoms with Gasteiger partial charge in [0.1, 0.15) is 0 Å². The Kier molecular flexibility index (Phi) is 4.41. The van der Waals surface area contributed by atoms with Gasteiger partial charge in [0.2, 0.25) is 0 Å². The van der Waals surface area contributed by atoms with Gasteiger partial charge < -0.3 is 0 Å². The maximum absolute atomic E-state index is 3.83. The van der Waals surface area contributed by atoms with Gasteiger partial charge in [0, 0.05) is 4.88 Å². The Bertz CT molecular complexity index is 487. The van der Waals surface area contributed by atoms with Gasteiger partial charge in [0.05, 0.1) is 4.83 Å². The predicted molar refractivity (Wildman–Crippen MR) is 80.2 cm³/mol. The molecule has 1 unspecified atom stereocenters. The van der Waals surface area contributed by atoms with Gasteiger partial charge in [-0.2, -0.15) is 0 Å². The molecule has 0 aliphatic heterocycles. The van der Waals surface area contributed by atoms with E-state index in [1.54, 1.807) is 0 Å². The molecule has 1 atom stereocenters. The van der Waals surface area contributed by atoms with Crippen molar-refractivity contribution in [2.75, 3.05) is 0 Å². The van der Waals surface area contributed by atoms with E-state index in [9.17, 15) is 0 Å². The summed E-state index contributed by atoms with van der Waals surface area (Å²) in [6, 6.07) is 11.0. The maximum atomic E-state index is 3.83. The molecule has 2 heteroatoms. The fourth-order valence-corrected chi connectivity index (χ4v) is 4.02. The van der Waals surface area contributed by atoms with Crippen LogP contribution in [0.2, 0.25) is 0 Å². The molecule has 0 radical (unpaired) electrons. The van der Waals surface area contributed by atoms with Crippen LogP contribution in [-0.4, -0.2) is 0 Å². The number of hydrogen-bond acceptors (Lipinski definition) is 1. The van der Waals surface area contributed by atoms with Crippen LogP contribution in [0.25, 0.3) is 0 Å². The van der Waals surface area contributed by atoms with Crippen molar-refractivity contribution in [3.8, 4) is 0 Å². The number of benzene rings is 1. The van der Waals surface area contributed by atoms with E-state index in [4.69, 9.17) is 0 Å². The van der Waals surface area contributed by atoms with E-state index in [-0.39, 0.29) is 0 Å². The molecule has 0 amide bonds. The topological polar surface area (TPSA) is 0 Å². The molecule has 0 N–H and O–H groups in total. The Balaban J connectivity index is 2.14. The zero-order valence-electron chi connectivity index (χ0n) is 10.2. The Morgan fingerprint density at radius 3 is 2.82 bits per heavy atom. The number of aryl methyl sites for hydroxylation is 2. The van der Waals surface area contributed by atoms with Crippen molar-refractivity contribution >= 4 is 27.3 Å². The van der Waals surface area contributed by atoms with E-state index in [1.807, 2.05) is 11.3 Å². The average molecular weight is 309 g/mol. The Morgan fingerprint density at radius 2 is 2.12 bits per heavy atom. The van der Waals surface area contributed by atoms with E-state index < -0.39 is 0 Å². The number of rotatable bonds is 4. The van der Waals surface area contributed by atoms with Gasteiger partial charge in [0.25, 0.3) is 0 Å². The van der Waals surface area contributed by atoms with Crippen molar-refractivity contribution in [3.63, 3.8) is 0 Å². The maximum Gasteiger partial charge on any atom is 0.0532 e. The second-order valence-electron chi connectivity index (χ2n) is 4.32. The third-order valence-corrected chi connectivity index (χ3v) is 5.10. The fourth-order valence-electron chi connectivity index (χ4n) is 2.05. The first kappa shape index (κ1) is 12.8. The zero-order chi connectivity index (χ0) is 12.3. The summed E-state index contributed by atoms with van der Waals surface area (Å²) < 4.78 is 0. The molecule has 1 heterocycles. The molecule has 17 heavy (non-hydrogen) atoms. The van der Waals surface area contributed by atoms with Crippen LogP contribution >= 0.6 is 27.3 Å². The largest absolute Gasteiger partial charge is 0.147 e. The summed E-state index contributed by atoms with van der Waals surface area (Å²) in [7, 11) is 0. The molecule has 2 aromatic rings. The SMILES string of the molecule is CCc1ccsc1C(Br)Cc1cccc(C)c1. The van der Waals surface area contributed by atoms with Gasteiger partial charge >= 0.3 is 0 Å². The highest BCUT2D eigenvalue weighted by molar-refractivity contribution is 9.09. The van der Waals surface area contributed by atoms with E-state index in [2.05, 4.69) is 65.5 Å². The monoisotopic (exact) mass is 308 g/mol. The van der Waals surface area contributed by atoms with Crippen LogP contribution in [0.3, 0.4) is 0 Å². The lowest BCUT2D eigenvalue weighted by molar-refractivity contribution is 0.944. The third-order valence-electron chi connectivity index (χ3n) is 2.94. The summed E-state index contributed by atoms with van der Waals surface area (Å²) in [5.41, 5.74) is 4.22. The summed E-state index contributed by atoms with van der Waals surface area (Å²) in [4.78, 5) is 1.92. The summed E-state index contributed by atoms with van der Waals surface area (Å²) in [6.45, 7) is 4.37. The molecule has 2 rings (SSSR count). The second-order valence-corrected chi connectivity index (χ2v) is 6.38. The summed E-state index contributed by atoms with van der Waals surface area (Å²) in [5, 5.41) is 2.19. The minimum Gasteiger partial charge on any atom is -0.147 e. The molecule has 90 valence electrons. The minimum atomic E-state index is 0.444. The number of hydrogen-bond donors (Lipinski definition) is 0. The minimum absolute atomic E-state index is 0.444. The lowest BCUT2D eigenvalue weighted by Crippen LogP contribution is -1.96. The normalized spacial score (nSPS) is 12.6. The molecule has 0 saturated carbocycles. The summed E-state index contributed by atoms with van der Waals surface area (Å²) in [6.07, 6.45) is 2.18. The van der Waals surface area contributed by atoms with Crippen molar-refractivity contribution in [3.05, 3.63) is 57.3 Å². The van der Waals surface area contributed by atoms with Crippen LogP contribution < -0.4 is 0 Å². The Labute approximate surface area is 116 Å². The Morgan fingerprint density at radius 1 is 1.29 bits per heavy atom. The smallest absolute Gasteiger partial charge is 0.0532 e. The van der Waals surface area contributed by atoms with Crippen molar-refractivity contribution < 1.29 is 0 Å². The van der Waals surface area contributed by atoms with Gasteiger partial charge in [0.15, 0.2) is 0 Å². The van der Waals surface area contributed by atoms with Crippen molar-refractivity contribution in [2.24, 2.45) is 0 Å². The average Bonchev–Trinajstić information content (AvgIpc) is 2.77. The van der Waals surface area contributed by atoms with Crippen molar-refractivity contribution in [1.82, 2.24) is 0 Å². The molecule has 1 aromatic heterocycles.